The van der Waals surface area contributed by atoms with Crippen LogP contribution in [0.1, 0.15) is 33.4 Å². The summed E-state index contributed by atoms with van der Waals surface area (Å²) >= 11 is 0. The van der Waals surface area contributed by atoms with Crippen molar-refractivity contribution in [1.29, 1.82) is 0 Å². The molecule has 4 rings (SSSR count). The zero-order valence-corrected chi connectivity index (χ0v) is 19.7. The summed E-state index contributed by atoms with van der Waals surface area (Å²) in [4.78, 5) is 17.2. The van der Waals surface area contributed by atoms with Crippen LogP contribution in [0, 0.1) is 18.6 Å². The zero-order valence-electron chi connectivity index (χ0n) is 18.9. The smallest absolute Gasteiger partial charge is 0.261 e. The van der Waals surface area contributed by atoms with Crippen molar-refractivity contribution in [2.45, 2.75) is 17.9 Å². The summed E-state index contributed by atoms with van der Waals surface area (Å²) < 4.78 is 56.3. The number of nitrogens with zero attached hydrogens (tertiary/aromatic N) is 2. The summed E-state index contributed by atoms with van der Waals surface area (Å²) in [6.07, 6.45) is 3.34. The minimum atomic E-state index is -3.94. The second-order valence-electron chi connectivity index (χ2n) is 7.95. The highest BCUT2D eigenvalue weighted by Gasteiger charge is 2.22. The highest BCUT2D eigenvalue weighted by atomic mass is 32.2. The van der Waals surface area contributed by atoms with Crippen molar-refractivity contribution in [1.82, 2.24) is 14.9 Å². The Morgan fingerprint density at radius 2 is 1.69 bits per heavy atom. The van der Waals surface area contributed by atoms with Crippen LogP contribution in [0.5, 0.6) is 0 Å². The molecule has 0 aliphatic rings. The summed E-state index contributed by atoms with van der Waals surface area (Å²) in [6.45, 7) is 1.48. The topological polar surface area (TPSA) is 93.1 Å². The summed E-state index contributed by atoms with van der Waals surface area (Å²) in [5, 5.41) is 2.90. The first-order valence-electron chi connectivity index (χ1n) is 10.6. The summed E-state index contributed by atoms with van der Waals surface area (Å²) in [6, 6.07) is 14.5. The molecule has 0 saturated carbocycles. The van der Waals surface area contributed by atoms with E-state index >= 15 is 0 Å². The summed E-state index contributed by atoms with van der Waals surface area (Å²) in [5.74, 6) is -0.758. The number of nitrogens with one attached hydrogen (secondary N) is 2. The molecular weight excluding hydrogens is 474 g/mol. The predicted molar refractivity (Wildman–Crippen MR) is 127 cm³/mol. The molecule has 1 amide bonds. The number of aryl methyl sites for hydroxylation is 2. The van der Waals surface area contributed by atoms with Crippen LogP contribution >= 0.6 is 0 Å². The minimum Gasteiger partial charge on any atom is -0.338 e. The molecule has 7 nitrogen and oxygen atoms in total. The van der Waals surface area contributed by atoms with Crippen LogP contribution in [0.4, 0.5) is 14.5 Å². The number of rotatable bonds is 7. The molecule has 1 aromatic heterocycles. The van der Waals surface area contributed by atoms with E-state index in [1.165, 1.54) is 55.5 Å². The van der Waals surface area contributed by atoms with Crippen LogP contribution in [0.15, 0.2) is 84.0 Å². The van der Waals surface area contributed by atoms with Gasteiger partial charge in [-0.25, -0.2) is 22.2 Å². The van der Waals surface area contributed by atoms with Crippen molar-refractivity contribution in [3.63, 3.8) is 0 Å². The van der Waals surface area contributed by atoms with Gasteiger partial charge in [0.1, 0.15) is 23.5 Å². The highest BCUT2D eigenvalue weighted by molar-refractivity contribution is 7.92. The van der Waals surface area contributed by atoms with Gasteiger partial charge in [-0.1, -0.05) is 12.1 Å². The van der Waals surface area contributed by atoms with E-state index in [4.69, 9.17) is 0 Å². The summed E-state index contributed by atoms with van der Waals surface area (Å²) in [7, 11) is -2.15. The van der Waals surface area contributed by atoms with Crippen LogP contribution in [-0.2, 0) is 17.1 Å². The number of sulfonamides is 1. The second-order valence-corrected chi connectivity index (χ2v) is 9.63. The Balaban J connectivity index is 1.53. The van der Waals surface area contributed by atoms with E-state index in [0.29, 0.717) is 11.4 Å². The molecule has 1 atom stereocenters. The van der Waals surface area contributed by atoms with Crippen LogP contribution in [0.2, 0.25) is 0 Å². The second kappa shape index (κ2) is 9.67. The monoisotopic (exact) mass is 496 g/mol. The largest absolute Gasteiger partial charge is 0.338 e. The molecule has 0 radical (unpaired) electrons. The maximum absolute atomic E-state index is 13.5. The number of aromatic nitrogens is 2. The zero-order chi connectivity index (χ0) is 25.2. The first-order chi connectivity index (χ1) is 16.6. The van der Waals surface area contributed by atoms with Gasteiger partial charge in [0.2, 0.25) is 0 Å². The quantitative estimate of drug-likeness (QED) is 0.398. The van der Waals surface area contributed by atoms with Crippen molar-refractivity contribution < 1.29 is 22.0 Å². The van der Waals surface area contributed by atoms with Crippen LogP contribution in [-0.4, -0.2) is 23.9 Å². The van der Waals surface area contributed by atoms with Gasteiger partial charge in [-0.05, 0) is 72.6 Å². The Morgan fingerprint density at radius 1 is 1.00 bits per heavy atom. The van der Waals surface area contributed by atoms with E-state index < -0.39 is 33.6 Å². The lowest BCUT2D eigenvalue weighted by atomic mass is 10.1. The normalized spacial score (nSPS) is 12.2. The molecule has 2 N–H and O–H groups in total. The van der Waals surface area contributed by atoms with E-state index in [2.05, 4.69) is 15.0 Å². The molecule has 0 saturated heterocycles. The third-order valence-electron chi connectivity index (χ3n) is 5.43. The molecule has 0 spiro atoms. The van der Waals surface area contributed by atoms with Crippen molar-refractivity contribution >= 4 is 21.6 Å². The first kappa shape index (κ1) is 24.1. The van der Waals surface area contributed by atoms with Crippen molar-refractivity contribution in [2.24, 2.45) is 7.05 Å². The lowest BCUT2D eigenvalue weighted by Gasteiger charge is -2.19. The Morgan fingerprint density at radius 3 is 2.29 bits per heavy atom. The number of anilines is 1. The molecule has 35 heavy (non-hydrogen) atoms. The number of hydrogen-bond acceptors (Lipinski definition) is 4. The number of imidazole rings is 1. The van der Waals surface area contributed by atoms with Crippen LogP contribution in [0.25, 0.3) is 0 Å². The average molecular weight is 497 g/mol. The van der Waals surface area contributed by atoms with Crippen LogP contribution in [0.3, 0.4) is 0 Å². The standard InChI is InChI=1S/C25H22F2N4O3S/c1-16-15-21(11-12-22(16)27)35(33,34)30-20-9-5-18(6-10-20)25(32)29-23(24-28-13-14-31(24)2)17-3-7-19(26)8-4-17/h3-15,23,30H,1-2H3,(H,29,32). The number of hydrogen-bond donors (Lipinski definition) is 2. The molecule has 0 bridgehead atoms. The van der Waals surface area contributed by atoms with Gasteiger partial charge in [-0.3, -0.25) is 9.52 Å². The van der Waals surface area contributed by atoms with Crippen LogP contribution < -0.4 is 10.0 Å². The van der Waals surface area contributed by atoms with Gasteiger partial charge < -0.3 is 9.88 Å². The molecule has 1 unspecified atom stereocenters. The maximum Gasteiger partial charge on any atom is 0.261 e. The van der Waals surface area contributed by atoms with Crippen molar-refractivity contribution in [3.05, 3.63) is 113 Å². The molecule has 0 aliphatic heterocycles. The van der Waals surface area contributed by atoms with Gasteiger partial charge in [-0.15, -0.1) is 0 Å². The molecule has 1 heterocycles. The molecule has 3 aromatic carbocycles. The van der Waals surface area contributed by atoms with Crippen molar-refractivity contribution in [3.8, 4) is 0 Å². The first-order valence-corrected chi connectivity index (χ1v) is 12.0. The third kappa shape index (κ3) is 5.38. The minimum absolute atomic E-state index is 0.0737. The van der Waals surface area contributed by atoms with Gasteiger partial charge >= 0.3 is 0 Å². The van der Waals surface area contributed by atoms with Crippen molar-refractivity contribution in [2.75, 3.05) is 4.72 Å². The molecule has 10 heteroatoms. The van der Waals surface area contributed by atoms with Gasteiger partial charge in [0.15, 0.2) is 0 Å². The van der Waals surface area contributed by atoms with E-state index in [1.54, 1.807) is 36.1 Å². The average Bonchev–Trinajstić information content (AvgIpc) is 3.25. The fraction of sp³-hybridized carbons (Fsp3) is 0.120. The van der Waals surface area contributed by atoms with Gasteiger partial charge in [0, 0.05) is 30.7 Å². The third-order valence-corrected chi connectivity index (χ3v) is 6.81. The number of carbonyl (C=O) groups is 1. The van der Waals surface area contributed by atoms with Gasteiger partial charge in [0.25, 0.3) is 15.9 Å². The predicted octanol–water partition coefficient (Wildman–Crippen LogP) is 4.33. The molecular formula is C25H22F2N4O3S. The van der Waals surface area contributed by atoms with E-state index in [0.717, 1.165) is 6.07 Å². The number of benzene rings is 3. The summed E-state index contributed by atoms with van der Waals surface area (Å²) in [5.41, 5.74) is 1.38. The maximum atomic E-state index is 13.5. The van der Waals surface area contributed by atoms with Gasteiger partial charge in [0.05, 0.1) is 4.90 Å². The Labute approximate surface area is 201 Å². The Bertz CT molecular complexity index is 1470. The number of amides is 1. The van der Waals surface area contributed by atoms with E-state index in [-0.39, 0.29) is 21.7 Å². The molecule has 0 aliphatic carbocycles. The fourth-order valence-electron chi connectivity index (χ4n) is 3.51. The SMILES string of the molecule is Cc1cc(S(=O)(=O)Nc2ccc(C(=O)NC(c3ccc(F)cc3)c3nccn3C)cc2)ccc1F. The van der Waals surface area contributed by atoms with E-state index in [1.807, 2.05) is 0 Å². The number of halogens is 2. The molecule has 4 aromatic rings. The molecule has 180 valence electrons. The Hall–Kier alpha value is -4.05. The lowest BCUT2D eigenvalue weighted by molar-refractivity contribution is 0.0941. The Kier molecular flexibility index (Phi) is 6.65. The number of carbonyl (C=O) groups excluding carboxylic acids is 1. The highest BCUT2D eigenvalue weighted by Crippen LogP contribution is 2.23. The van der Waals surface area contributed by atoms with Gasteiger partial charge in [-0.2, -0.15) is 0 Å². The lowest BCUT2D eigenvalue weighted by Crippen LogP contribution is -2.31. The fourth-order valence-corrected chi connectivity index (χ4v) is 4.65. The molecule has 0 fully saturated rings. The van der Waals surface area contributed by atoms with E-state index in [9.17, 15) is 22.0 Å².